The minimum absolute atomic E-state index is 0.110. The van der Waals surface area contributed by atoms with Crippen molar-refractivity contribution in [2.45, 2.75) is 30.2 Å². The maximum absolute atomic E-state index is 12.7. The Morgan fingerprint density at radius 3 is 2.86 bits per heavy atom. The summed E-state index contributed by atoms with van der Waals surface area (Å²) in [6, 6.07) is 1.91. The maximum atomic E-state index is 12.7. The molecule has 8 heteroatoms. The first-order valence-electron chi connectivity index (χ1n) is 6.90. The summed E-state index contributed by atoms with van der Waals surface area (Å²) in [5.41, 5.74) is 0.736. The van der Waals surface area contributed by atoms with Crippen LogP contribution in [0.3, 0.4) is 0 Å². The van der Waals surface area contributed by atoms with Crippen LogP contribution in [0.1, 0.15) is 25.5 Å². The summed E-state index contributed by atoms with van der Waals surface area (Å²) in [6.07, 6.45) is 6.50. The Balaban J connectivity index is 1.90. The molecule has 2 aromatic rings. The fourth-order valence-corrected chi connectivity index (χ4v) is 4.43. The third kappa shape index (κ3) is 2.49. The van der Waals surface area contributed by atoms with Crippen molar-refractivity contribution >= 4 is 10.0 Å². The van der Waals surface area contributed by atoms with E-state index >= 15 is 0 Å². The third-order valence-electron chi connectivity index (χ3n) is 4.10. The van der Waals surface area contributed by atoms with E-state index in [1.807, 2.05) is 6.07 Å². The van der Waals surface area contributed by atoms with Crippen LogP contribution < -0.4 is 0 Å². The second-order valence-corrected chi connectivity index (χ2v) is 7.74. The number of rotatable bonds is 3. The predicted octanol–water partition coefficient (Wildman–Crippen LogP) is 0.886. The topological polar surface area (TPSA) is 83.9 Å². The summed E-state index contributed by atoms with van der Waals surface area (Å²) in [5.74, 6) is 0. The Morgan fingerprint density at radius 2 is 2.24 bits per heavy atom. The molecule has 0 aromatic carbocycles. The van der Waals surface area contributed by atoms with E-state index in [1.54, 1.807) is 17.8 Å². The van der Waals surface area contributed by atoms with Gasteiger partial charge in [-0.15, -0.1) is 0 Å². The zero-order chi connectivity index (χ0) is 15.1. The zero-order valence-corrected chi connectivity index (χ0v) is 13.0. The van der Waals surface area contributed by atoms with Gasteiger partial charge in [-0.3, -0.25) is 5.10 Å². The van der Waals surface area contributed by atoms with Gasteiger partial charge in [0.25, 0.3) is 10.0 Å². The molecule has 0 bridgehead atoms. The minimum atomic E-state index is -3.54. The summed E-state index contributed by atoms with van der Waals surface area (Å²) in [5, 5.41) is 7.06. The van der Waals surface area contributed by atoms with E-state index in [1.165, 1.54) is 16.8 Å². The minimum Gasteiger partial charge on any atom is -0.339 e. The molecule has 0 unspecified atom stereocenters. The average molecular weight is 309 g/mol. The zero-order valence-electron chi connectivity index (χ0n) is 12.2. The molecule has 1 aliphatic rings. The standard InChI is InChI=1S/C13H19N5O2S/c1-13(11-4-6-15-16-11)5-3-7-18(9-13)21(19,20)12-8-17(2)10-14-12/h4,6,8,10H,3,5,7,9H2,1-2H3,(H,15,16)/t13-/m1/s1. The van der Waals surface area contributed by atoms with Crippen molar-refractivity contribution in [3.63, 3.8) is 0 Å². The van der Waals surface area contributed by atoms with Crippen molar-refractivity contribution in [1.29, 1.82) is 0 Å². The van der Waals surface area contributed by atoms with Crippen molar-refractivity contribution in [2.24, 2.45) is 7.05 Å². The number of aromatic nitrogens is 4. The molecule has 0 amide bonds. The highest BCUT2D eigenvalue weighted by Gasteiger charge is 2.39. The lowest BCUT2D eigenvalue weighted by Crippen LogP contribution is -2.47. The highest BCUT2D eigenvalue weighted by Crippen LogP contribution is 2.34. The smallest absolute Gasteiger partial charge is 0.262 e. The monoisotopic (exact) mass is 309 g/mol. The predicted molar refractivity (Wildman–Crippen MR) is 77.1 cm³/mol. The van der Waals surface area contributed by atoms with Crippen LogP contribution in [0.25, 0.3) is 0 Å². The van der Waals surface area contributed by atoms with Crippen LogP contribution in [-0.4, -0.2) is 45.6 Å². The van der Waals surface area contributed by atoms with E-state index in [2.05, 4.69) is 22.1 Å². The van der Waals surface area contributed by atoms with Gasteiger partial charge in [-0.2, -0.15) is 9.40 Å². The number of hydrogen-bond donors (Lipinski definition) is 1. The van der Waals surface area contributed by atoms with Crippen LogP contribution in [-0.2, 0) is 22.5 Å². The summed E-state index contributed by atoms with van der Waals surface area (Å²) >= 11 is 0. The van der Waals surface area contributed by atoms with Gasteiger partial charge < -0.3 is 4.57 Å². The third-order valence-corrected chi connectivity index (χ3v) is 5.83. The van der Waals surface area contributed by atoms with Crippen LogP contribution in [0.2, 0.25) is 0 Å². The number of sulfonamides is 1. The largest absolute Gasteiger partial charge is 0.339 e. The van der Waals surface area contributed by atoms with Gasteiger partial charge in [0.1, 0.15) is 0 Å². The second kappa shape index (κ2) is 4.96. The lowest BCUT2D eigenvalue weighted by atomic mass is 9.80. The number of hydrogen-bond acceptors (Lipinski definition) is 4. The van der Waals surface area contributed by atoms with E-state index in [0.29, 0.717) is 13.1 Å². The first-order chi connectivity index (χ1) is 9.92. The highest BCUT2D eigenvalue weighted by molar-refractivity contribution is 7.89. The molecule has 0 aliphatic carbocycles. The van der Waals surface area contributed by atoms with Gasteiger partial charge in [0, 0.05) is 43.6 Å². The molecule has 1 fully saturated rings. The first-order valence-corrected chi connectivity index (χ1v) is 8.34. The molecule has 1 saturated heterocycles. The molecule has 114 valence electrons. The Kier molecular flexibility index (Phi) is 3.37. The quantitative estimate of drug-likeness (QED) is 0.912. The van der Waals surface area contributed by atoms with Crippen molar-refractivity contribution < 1.29 is 8.42 Å². The van der Waals surface area contributed by atoms with E-state index in [0.717, 1.165) is 18.5 Å². The van der Waals surface area contributed by atoms with E-state index in [4.69, 9.17) is 0 Å². The van der Waals surface area contributed by atoms with E-state index < -0.39 is 10.0 Å². The van der Waals surface area contributed by atoms with Gasteiger partial charge in [0.2, 0.25) is 0 Å². The molecule has 3 rings (SSSR count). The first kappa shape index (κ1) is 14.3. The molecular formula is C13H19N5O2S. The molecule has 7 nitrogen and oxygen atoms in total. The Morgan fingerprint density at radius 1 is 1.43 bits per heavy atom. The fourth-order valence-electron chi connectivity index (χ4n) is 2.86. The van der Waals surface area contributed by atoms with Crippen LogP contribution >= 0.6 is 0 Å². The number of aryl methyl sites for hydroxylation is 1. The highest BCUT2D eigenvalue weighted by atomic mass is 32.2. The number of nitrogens with one attached hydrogen (secondary N) is 1. The molecule has 2 aromatic heterocycles. The maximum Gasteiger partial charge on any atom is 0.262 e. The van der Waals surface area contributed by atoms with Gasteiger partial charge in [-0.05, 0) is 18.9 Å². The fraction of sp³-hybridized carbons (Fsp3) is 0.538. The molecular weight excluding hydrogens is 290 g/mol. The van der Waals surface area contributed by atoms with Crippen molar-refractivity contribution in [1.82, 2.24) is 24.1 Å². The molecule has 21 heavy (non-hydrogen) atoms. The molecule has 1 atom stereocenters. The van der Waals surface area contributed by atoms with Crippen LogP contribution in [0, 0.1) is 0 Å². The lowest BCUT2D eigenvalue weighted by Gasteiger charge is -2.38. The van der Waals surface area contributed by atoms with Gasteiger partial charge in [-0.25, -0.2) is 13.4 Å². The van der Waals surface area contributed by atoms with Gasteiger partial charge in [0.15, 0.2) is 5.03 Å². The molecule has 1 N–H and O–H groups in total. The number of H-pyrrole nitrogens is 1. The number of nitrogens with zero attached hydrogens (tertiary/aromatic N) is 4. The van der Waals surface area contributed by atoms with Crippen LogP contribution in [0.4, 0.5) is 0 Å². The normalized spacial score (nSPS) is 24.3. The van der Waals surface area contributed by atoms with E-state index in [9.17, 15) is 8.42 Å². The van der Waals surface area contributed by atoms with Gasteiger partial charge in [0.05, 0.1) is 6.33 Å². The van der Waals surface area contributed by atoms with Crippen LogP contribution in [0.15, 0.2) is 29.8 Å². The van der Waals surface area contributed by atoms with Crippen molar-refractivity contribution in [3.05, 3.63) is 30.5 Å². The molecule has 0 saturated carbocycles. The second-order valence-electron chi connectivity index (χ2n) is 5.85. The van der Waals surface area contributed by atoms with Gasteiger partial charge in [-0.1, -0.05) is 6.92 Å². The summed E-state index contributed by atoms with van der Waals surface area (Å²) in [4.78, 5) is 3.99. The molecule has 0 spiro atoms. The Hall–Kier alpha value is -1.67. The summed E-state index contributed by atoms with van der Waals surface area (Å²) < 4.78 is 28.5. The summed E-state index contributed by atoms with van der Waals surface area (Å²) in [7, 11) is -1.78. The van der Waals surface area contributed by atoms with Crippen molar-refractivity contribution in [3.8, 4) is 0 Å². The lowest BCUT2D eigenvalue weighted by molar-refractivity contribution is 0.235. The molecule has 0 radical (unpaired) electrons. The van der Waals surface area contributed by atoms with E-state index in [-0.39, 0.29) is 10.4 Å². The van der Waals surface area contributed by atoms with Crippen LogP contribution in [0.5, 0.6) is 0 Å². The molecule has 1 aliphatic heterocycles. The number of aromatic amines is 1. The Bertz CT molecular complexity index is 722. The number of imidazole rings is 1. The summed E-state index contributed by atoms with van der Waals surface area (Å²) in [6.45, 7) is 3.04. The van der Waals surface area contributed by atoms with Crippen molar-refractivity contribution in [2.75, 3.05) is 13.1 Å². The average Bonchev–Trinajstić information content (AvgIpc) is 3.10. The van der Waals surface area contributed by atoms with Gasteiger partial charge >= 0.3 is 0 Å². The Labute approximate surface area is 124 Å². The molecule has 3 heterocycles. The number of piperidine rings is 1. The SMILES string of the molecule is Cn1cnc(S(=O)(=O)N2CCC[C@@](C)(c3ccn[nH]3)C2)c1.